The van der Waals surface area contributed by atoms with Crippen LogP contribution in [0.4, 0.5) is 19.3 Å². The number of ether oxygens (including phenoxy) is 2. The second-order valence-electron chi connectivity index (χ2n) is 5.76. The molecule has 138 valence electrons. The van der Waals surface area contributed by atoms with Crippen molar-refractivity contribution >= 4 is 23.3 Å². The van der Waals surface area contributed by atoms with Crippen molar-refractivity contribution in [3.05, 3.63) is 53.6 Å². The Labute approximate surface area is 154 Å². The van der Waals surface area contributed by atoms with Gasteiger partial charge < -0.3 is 19.7 Å². The van der Waals surface area contributed by atoms with Crippen LogP contribution in [0.5, 0.6) is 11.5 Å². The van der Waals surface area contributed by atoms with E-state index in [-0.39, 0.29) is 17.9 Å². The van der Waals surface area contributed by atoms with Crippen LogP contribution in [-0.4, -0.2) is 36.7 Å². The lowest BCUT2D eigenvalue weighted by Gasteiger charge is -2.18. The maximum absolute atomic E-state index is 12.3. The van der Waals surface area contributed by atoms with E-state index in [0.717, 1.165) is 0 Å². The monoisotopic (exact) mass is 382 g/mol. The number of urea groups is 1. The van der Waals surface area contributed by atoms with Crippen LogP contribution in [0.2, 0.25) is 5.02 Å². The maximum atomic E-state index is 12.3. The van der Waals surface area contributed by atoms with E-state index in [1.54, 1.807) is 23.1 Å². The van der Waals surface area contributed by atoms with Gasteiger partial charge in [0.2, 0.25) is 0 Å². The third-order valence-corrected chi connectivity index (χ3v) is 4.10. The molecule has 1 atom stereocenters. The summed E-state index contributed by atoms with van der Waals surface area (Å²) in [5.74, 6) is 0.702. The normalized spacial score (nSPS) is 16.6. The molecule has 26 heavy (non-hydrogen) atoms. The number of carbonyl (C=O) groups is 1. The van der Waals surface area contributed by atoms with E-state index in [2.05, 4.69) is 10.1 Å². The highest BCUT2D eigenvalue weighted by Gasteiger charge is 2.27. The molecule has 1 unspecified atom stereocenters. The van der Waals surface area contributed by atoms with E-state index in [9.17, 15) is 13.6 Å². The highest BCUT2D eigenvalue weighted by Crippen LogP contribution is 2.23. The van der Waals surface area contributed by atoms with Gasteiger partial charge in [-0.25, -0.2) is 4.79 Å². The van der Waals surface area contributed by atoms with Gasteiger partial charge in [0.15, 0.2) is 0 Å². The van der Waals surface area contributed by atoms with Crippen molar-refractivity contribution < 1.29 is 23.0 Å². The molecule has 2 amide bonds. The van der Waals surface area contributed by atoms with Crippen LogP contribution < -0.4 is 14.8 Å². The van der Waals surface area contributed by atoms with E-state index in [1.807, 2.05) is 6.07 Å². The van der Waals surface area contributed by atoms with Crippen molar-refractivity contribution in [2.24, 2.45) is 0 Å². The minimum absolute atomic E-state index is 0.0363. The molecule has 0 radical (unpaired) electrons. The van der Waals surface area contributed by atoms with E-state index in [4.69, 9.17) is 16.3 Å². The van der Waals surface area contributed by atoms with Gasteiger partial charge >= 0.3 is 12.6 Å². The summed E-state index contributed by atoms with van der Waals surface area (Å²) in [6.07, 6.45) is 0.599. The first-order valence-electron chi connectivity index (χ1n) is 8.02. The lowest BCUT2D eigenvalue weighted by Crippen LogP contribution is -2.34. The molecule has 2 aromatic carbocycles. The number of amides is 2. The number of hydrogen-bond donors (Lipinski definition) is 1. The Hall–Kier alpha value is -2.54. The standard InChI is InChI=1S/C18H17ClF2N2O3/c19-12-2-1-3-15(10-12)25-16-8-9-23(11-16)18(24)22-13-4-6-14(7-5-13)26-17(20)21/h1-7,10,16-17H,8-9,11H2,(H,22,24). The lowest BCUT2D eigenvalue weighted by molar-refractivity contribution is -0.0498. The van der Waals surface area contributed by atoms with Crippen LogP contribution in [-0.2, 0) is 0 Å². The topological polar surface area (TPSA) is 50.8 Å². The molecule has 1 saturated heterocycles. The molecule has 1 fully saturated rings. The molecule has 3 rings (SSSR count). The highest BCUT2D eigenvalue weighted by molar-refractivity contribution is 6.30. The minimum atomic E-state index is -2.88. The zero-order valence-corrected chi connectivity index (χ0v) is 14.5. The summed E-state index contributed by atoms with van der Waals surface area (Å²) >= 11 is 5.93. The molecule has 5 nitrogen and oxygen atoms in total. The van der Waals surface area contributed by atoms with Crippen LogP contribution in [0.1, 0.15) is 6.42 Å². The zero-order valence-electron chi connectivity index (χ0n) is 13.7. The molecule has 0 spiro atoms. The molecule has 1 aliphatic rings. The molecule has 0 aliphatic carbocycles. The average molecular weight is 383 g/mol. The van der Waals surface area contributed by atoms with Gasteiger partial charge in [-0.05, 0) is 42.5 Å². The molecule has 8 heteroatoms. The number of nitrogens with zero attached hydrogens (tertiary/aromatic N) is 1. The Kier molecular flexibility index (Phi) is 5.78. The number of halogens is 3. The smallest absolute Gasteiger partial charge is 0.387 e. The summed E-state index contributed by atoms with van der Waals surface area (Å²) in [7, 11) is 0. The average Bonchev–Trinajstić information content (AvgIpc) is 3.05. The summed E-state index contributed by atoms with van der Waals surface area (Å²) in [6.45, 7) is -1.87. The van der Waals surface area contributed by atoms with Gasteiger partial charge in [-0.3, -0.25) is 0 Å². The van der Waals surface area contributed by atoms with Crippen LogP contribution in [0.25, 0.3) is 0 Å². The van der Waals surface area contributed by atoms with Gasteiger partial charge in [-0.1, -0.05) is 17.7 Å². The van der Waals surface area contributed by atoms with Crippen LogP contribution >= 0.6 is 11.6 Å². The van der Waals surface area contributed by atoms with Crippen molar-refractivity contribution in [2.75, 3.05) is 18.4 Å². The predicted molar refractivity (Wildman–Crippen MR) is 94.2 cm³/mol. The molecule has 1 heterocycles. The van der Waals surface area contributed by atoms with Gasteiger partial charge in [0.25, 0.3) is 0 Å². The van der Waals surface area contributed by atoms with Crippen LogP contribution in [0.3, 0.4) is 0 Å². The molecular weight excluding hydrogens is 366 g/mol. The first-order valence-corrected chi connectivity index (χ1v) is 8.40. The highest BCUT2D eigenvalue weighted by atomic mass is 35.5. The number of rotatable bonds is 5. The number of nitrogens with one attached hydrogen (secondary N) is 1. The third-order valence-electron chi connectivity index (χ3n) is 3.86. The SMILES string of the molecule is O=C(Nc1ccc(OC(F)F)cc1)N1CCC(Oc2cccc(Cl)c2)C1. The second kappa shape index (κ2) is 8.23. The Balaban J connectivity index is 1.51. The summed E-state index contributed by atoms with van der Waals surface area (Å²) < 4.78 is 34.4. The van der Waals surface area contributed by atoms with Gasteiger partial charge in [-0.2, -0.15) is 8.78 Å². The number of benzene rings is 2. The van der Waals surface area contributed by atoms with Gasteiger partial charge in [0.1, 0.15) is 17.6 Å². The summed E-state index contributed by atoms with van der Waals surface area (Å²) in [4.78, 5) is 14.0. The third kappa shape index (κ3) is 4.98. The minimum Gasteiger partial charge on any atom is -0.488 e. The molecular formula is C18H17ClF2N2O3. The number of carbonyl (C=O) groups excluding carboxylic acids is 1. The lowest BCUT2D eigenvalue weighted by atomic mass is 10.3. The molecule has 0 aromatic heterocycles. The van der Waals surface area contributed by atoms with Gasteiger partial charge in [0.05, 0.1) is 6.54 Å². The van der Waals surface area contributed by atoms with Gasteiger partial charge in [-0.15, -0.1) is 0 Å². The van der Waals surface area contributed by atoms with Crippen molar-refractivity contribution in [1.29, 1.82) is 0 Å². The fraction of sp³-hybridized carbons (Fsp3) is 0.278. The van der Waals surface area contributed by atoms with Crippen molar-refractivity contribution in [2.45, 2.75) is 19.1 Å². The Morgan fingerprint density at radius 2 is 1.96 bits per heavy atom. The first kappa shape index (κ1) is 18.3. The molecule has 1 aliphatic heterocycles. The number of hydrogen-bond acceptors (Lipinski definition) is 3. The molecule has 0 bridgehead atoms. The molecule has 1 N–H and O–H groups in total. The van der Waals surface area contributed by atoms with Crippen molar-refractivity contribution in [1.82, 2.24) is 4.90 Å². The fourth-order valence-electron chi connectivity index (χ4n) is 2.66. The van der Waals surface area contributed by atoms with Crippen molar-refractivity contribution in [3.8, 4) is 11.5 Å². The zero-order chi connectivity index (χ0) is 18.5. The van der Waals surface area contributed by atoms with E-state index < -0.39 is 6.61 Å². The van der Waals surface area contributed by atoms with E-state index >= 15 is 0 Å². The predicted octanol–water partition coefficient (Wildman–Crippen LogP) is 4.63. The quantitative estimate of drug-likeness (QED) is 0.820. The molecule has 0 saturated carbocycles. The van der Waals surface area contributed by atoms with Crippen LogP contribution in [0.15, 0.2) is 48.5 Å². The number of anilines is 1. The summed E-state index contributed by atoms with van der Waals surface area (Å²) in [5, 5.41) is 3.32. The summed E-state index contributed by atoms with van der Waals surface area (Å²) in [5.41, 5.74) is 0.496. The largest absolute Gasteiger partial charge is 0.488 e. The Morgan fingerprint density at radius 3 is 2.65 bits per heavy atom. The van der Waals surface area contributed by atoms with Gasteiger partial charge in [0, 0.05) is 23.7 Å². The van der Waals surface area contributed by atoms with Crippen LogP contribution in [0, 0.1) is 0 Å². The Morgan fingerprint density at radius 1 is 1.19 bits per heavy atom. The number of alkyl halides is 2. The van der Waals surface area contributed by atoms with Crippen molar-refractivity contribution in [3.63, 3.8) is 0 Å². The second-order valence-corrected chi connectivity index (χ2v) is 6.20. The first-order chi connectivity index (χ1) is 12.5. The maximum Gasteiger partial charge on any atom is 0.387 e. The fourth-order valence-corrected chi connectivity index (χ4v) is 2.84. The van der Waals surface area contributed by atoms with E-state index in [0.29, 0.717) is 36.0 Å². The molecule has 2 aromatic rings. The Bertz CT molecular complexity index is 758. The van der Waals surface area contributed by atoms with E-state index in [1.165, 1.54) is 24.3 Å². The summed E-state index contributed by atoms with van der Waals surface area (Å²) in [6, 6.07) is 12.6. The number of likely N-dealkylation sites (tertiary alicyclic amines) is 1.